The SMILES string of the molecule is Cc1ccc(NC(=O)CN(C)C(=O)C2CC(F)(F)CN2)cc1.Cl. The fourth-order valence-corrected chi connectivity index (χ4v) is 2.29. The van der Waals surface area contributed by atoms with E-state index in [0.717, 1.165) is 10.5 Å². The lowest BCUT2D eigenvalue weighted by atomic mass is 10.1. The van der Waals surface area contributed by atoms with E-state index in [2.05, 4.69) is 10.6 Å². The summed E-state index contributed by atoms with van der Waals surface area (Å²) in [6, 6.07) is 6.29. The van der Waals surface area contributed by atoms with Crippen LogP contribution in [-0.4, -0.2) is 48.8 Å². The molecule has 0 saturated carbocycles. The van der Waals surface area contributed by atoms with Crippen molar-refractivity contribution in [1.29, 1.82) is 0 Å². The molecule has 1 unspecified atom stereocenters. The second-order valence-corrected chi connectivity index (χ2v) is 5.60. The van der Waals surface area contributed by atoms with Gasteiger partial charge in [-0.2, -0.15) is 0 Å². The number of anilines is 1. The van der Waals surface area contributed by atoms with Crippen LogP contribution >= 0.6 is 12.4 Å². The number of aryl methyl sites for hydroxylation is 1. The molecule has 5 nitrogen and oxygen atoms in total. The van der Waals surface area contributed by atoms with E-state index in [-0.39, 0.29) is 24.9 Å². The molecule has 0 aromatic heterocycles. The molecule has 0 spiro atoms. The minimum atomic E-state index is -2.87. The summed E-state index contributed by atoms with van der Waals surface area (Å²) in [6.07, 6.45) is -0.532. The highest BCUT2D eigenvalue weighted by Crippen LogP contribution is 2.25. The Balaban J connectivity index is 0.00000264. The van der Waals surface area contributed by atoms with Gasteiger partial charge in [-0.1, -0.05) is 17.7 Å². The zero-order valence-corrected chi connectivity index (χ0v) is 13.8. The van der Waals surface area contributed by atoms with Gasteiger partial charge in [0, 0.05) is 19.2 Å². The molecule has 0 radical (unpaired) electrons. The van der Waals surface area contributed by atoms with Crippen LogP contribution in [0.15, 0.2) is 24.3 Å². The number of carbonyl (C=O) groups excluding carboxylic acids is 2. The summed E-state index contributed by atoms with van der Waals surface area (Å²) < 4.78 is 26.2. The van der Waals surface area contributed by atoms with Crippen LogP contribution in [0.1, 0.15) is 12.0 Å². The summed E-state index contributed by atoms with van der Waals surface area (Å²) >= 11 is 0. The number of carbonyl (C=O) groups is 2. The Hall–Kier alpha value is -1.73. The van der Waals surface area contributed by atoms with Gasteiger partial charge in [0.1, 0.15) is 0 Å². The molecule has 1 aromatic rings. The number of alkyl halides is 2. The third-order valence-electron chi connectivity index (χ3n) is 3.50. The molecule has 1 aliphatic heterocycles. The Morgan fingerprint density at radius 3 is 2.48 bits per heavy atom. The van der Waals surface area contributed by atoms with Gasteiger partial charge in [0.15, 0.2) is 0 Å². The molecule has 1 heterocycles. The van der Waals surface area contributed by atoms with E-state index in [1.807, 2.05) is 19.1 Å². The van der Waals surface area contributed by atoms with Crippen molar-refractivity contribution in [3.63, 3.8) is 0 Å². The second-order valence-electron chi connectivity index (χ2n) is 5.60. The molecular weight excluding hydrogens is 328 g/mol. The van der Waals surface area contributed by atoms with Crippen molar-refractivity contribution in [1.82, 2.24) is 10.2 Å². The Bertz CT molecular complexity index is 566. The van der Waals surface area contributed by atoms with Gasteiger partial charge < -0.3 is 10.2 Å². The van der Waals surface area contributed by atoms with Crippen molar-refractivity contribution in [2.45, 2.75) is 25.3 Å². The molecule has 0 bridgehead atoms. The van der Waals surface area contributed by atoms with Crippen LogP contribution in [0.3, 0.4) is 0 Å². The fraction of sp³-hybridized carbons (Fsp3) is 0.467. The lowest BCUT2D eigenvalue weighted by molar-refractivity contribution is -0.135. The zero-order chi connectivity index (χ0) is 16.3. The molecule has 0 aliphatic carbocycles. The Morgan fingerprint density at radius 2 is 1.96 bits per heavy atom. The number of hydrogen-bond donors (Lipinski definition) is 2. The van der Waals surface area contributed by atoms with Crippen molar-refractivity contribution in [3.8, 4) is 0 Å². The number of benzene rings is 1. The van der Waals surface area contributed by atoms with Gasteiger partial charge in [-0.3, -0.25) is 14.9 Å². The van der Waals surface area contributed by atoms with Crippen LogP contribution in [0.4, 0.5) is 14.5 Å². The highest BCUT2D eigenvalue weighted by atomic mass is 35.5. The summed E-state index contributed by atoms with van der Waals surface area (Å²) in [5, 5.41) is 5.14. The van der Waals surface area contributed by atoms with Crippen molar-refractivity contribution < 1.29 is 18.4 Å². The number of rotatable bonds is 4. The number of amides is 2. The van der Waals surface area contributed by atoms with Crippen molar-refractivity contribution >= 4 is 29.9 Å². The van der Waals surface area contributed by atoms with Crippen molar-refractivity contribution in [2.75, 3.05) is 25.5 Å². The minimum absolute atomic E-state index is 0. The maximum absolute atomic E-state index is 13.1. The monoisotopic (exact) mass is 347 g/mol. The number of halogens is 3. The number of likely N-dealkylation sites (N-methyl/N-ethyl adjacent to an activating group) is 1. The molecular formula is C15H20ClF2N3O2. The normalized spacial score (nSPS) is 18.9. The number of nitrogens with zero attached hydrogens (tertiary/aromatic N) is 1. The topological polar surface area (TPSA) is 61.4 Å². The lowest BCUT2D eigenvalue weighted by Gasteiger charge is -2.20. The molecule has 1 aliphatic rings. The van der Waals surface area contributed by atoms with E-state index in [1.165, 1.54) is 7.05 Å². The second kappa shape index (κ2) is 7.70. The first-order valence-electron chi connectivity index (χ1n) is 6.99. The summed E-state index contributed by atoms with van der Waals surface area (Å²) in [7, 11) is 1.43. The lowest BCUT2D eigenvalue weighted by Crippen LogP contribution is -2.44. The van der Waals surface area contributed by atoms with E-state index >= 15 is 0 Å². The number of hydrogen-bond acceptors (Lipinski definition) is 3. The van der Waals surface area contributed by atoms with Crippen LogP contribution < -0.4 is 10.6 Å². The highest BCUT2D eigenvalue weighted by Gasteiger charge is 2.43. The summed E-state index contributed by atoms with van der Waals surface area (Å²) in [5.74, 6) is -3.74. The van der Waals surface area contributed by atoms with Gasteiger partial charge in [0.2, 0.25) is 11.8 Å². The first kappa shape index (κ1) is 19.3. The summed E-state index contributed by atoms with van der Waals surface area (Å²) in [5.41, 5.74) is 1.69. The van der Waals surface area contributed by atoms with E-state index in [1.54, 1.807) is 12.1 Å². The quantitative estimate of drug-likeness (QED) is 0.873. The average Bonchev–Trinajstić information content (AvgIpc) is 2.80. The van der Waals surface area contributed by atoms with E-state index in [9.17, 15) is 18.4 Å². The largest absolute Gasteiger partial charge is 0.335 e. The molecule has 1 fully saturated rings. The van der Waals surface area contributed by atoms with Crippen LogP contribution in [0.2, 0.25) is 0 Å². The highest BCUT2D eigenvalue weighted by molar-refractivity contribution is 5.95. The Kier molecular flexibility index (Phi) is 6.47. The fourth-order valence-electron chi connectivity index (χ4n) is 2.29. The third kappa shape index (κ3) is 5.44. The van der Waals surface area contributed by atoms with Gasteiger partial charge in [-0.15, -0.1) is 12.4 Å². The maximum atomic E-state index is 13.1. The predicted octanol–water partition coefficient (Wildman–Crippen LogP) is 1.81. The molecule has 2 N–H and O–H groups in total. The molecule has 1 aromatic carbocycles. The van der Waals surface area contributed by atoms with Crippen molar-refractivity contribution in [2.24, 2.45) is 0 Å². The molecule has 1 atom stereocenters. The molecule has 1 saturated heterocycles. The van der Waals surface area contributed by atoms with E-state index in [0.29, 0.717) is 5.69 Å². The Labute approximate surface area is 139 Å². The van der Waals surface area contributed by atoms with E-state index in [4.69, 9.17) is 0 Å². The van der Waals surface area contributed by atoms with Gasteiger partial charge in [-0.05, 0) is 19.1 Å². The smallest absolute Gasteiger partial charge is 0.262 e. The first-order valence-corrected chi connectivity index (χ1v) is 6.99. The van der Waals surface area contributed by atoms with Crippen LogP contribution in [0.5, 0.6) is 0 Å². The molecule has 2 rings (SSSR count). The molecule has 23 heavy (non-hydrogen) atoms. The van der Waals surface area contributed by atoms with Gasteiger partial charge >= 0.3 is 0 Å². The maximum Gasteiger partial charge on any atom is 0.262 e. The minimum Gasteiger partial charge on any atom is -0.335 e. The third-order valence-corrected chi connectivity index (χ3v) is 3.50. The average molecular weight is 348 g/mol. The van der Waals surface area contributed by atoms with Crippen LogP contribution in [0.25, 0.3) is 0 Å². The molecule has 128 valence electrons. The predicted molar refractivity (Wildman–Crippen MR) is 86.0 cm³/mol. The van der Waals surface area contributed by atoms with Crippen molar-refractivity contribution in [3.05, 3.63) is 29.8 Å². The van der Waals surface area contributed by atoms with Gasteiger partial charge in [0.05, 0.1) is 19.1 Å². The molecule has 2 amide bonds. The summed E-state index contributed by atoms with van der Waals surface area (Å²) in [6.45, 7) is 1.24. The number of nitrogens with one attached hydrogen (secondary N) is 2. The summed E-state index contributed by atoms with van der Waals surface area (Å²) in [4.78, 5) is 25.1. The Morgan fingerprint density at radius 1 is 1.35 bits per heavy atom. The van der Waals surface area contributed by atoms with Crippen LogP contribution in [-0.2, 0) is 9.59 Å². The standard InChI is InChI=1S/C15H19F2N3O2.ClH/c1-10-3-5-11(6-4-10)19-13(21)8-20(2)14(22)12-7-15(16,17)9-18-12;/h3-6,12,18H,7-9H2,1-2H3,(H,19,21);1H. The first-order chi connectivity index (χ1) is 10.3. The molecule has 8 heteroatoms. The van der Waals surface area contributed by atoms with E-state index < -0.39 is 30.8 Å². The zero-order valence-electron chi connectivity index (χ0n) is 12.9. The van der Waals surface area contributed by atoms with Crippen LogP contribution in [0, 0.1) is 6.92 Å². The van der Waals surface area contributed by atoms with Gasteiger partial charge in [0.25, 0.3) is 5.92 Å². The van der Waals surface area contributed by atoms with Gasteiger partial charge in [-0.25, -0.2) is 8.78 Å².